The fraction of sp³-hybridized carbons (Fsp3) is 0.286. The SMILES string of the molecule is O=C(CN1C(=O)[C@@H]2CCCCN2C(=O)c2ccccc21)Nc1cccc(Br)c1. The van der Waals surface area contributed by atoms with Gasteiger partial charge in [0.1, 0.15) is 12.6 Å². The minimum absolute atomic E-state index is 0.136. The molecule has 0 aromatic heterocycles. The van der Waals surface area contributed by atoms with E-state index >= 15 is 0 Å². The molecule has 1 fully saturated rings. The summed E-state index contributed by atoms with van der Waals surface area (Å²) in [4.78, 5) is 42.1. The van der Waals surface area contributed by atoms with Crippen LogP contribution in [0.15, 0.2) is 53.0 Å². The molecular weight excluding hydrogens is 422 g/mol. The highest BCUT2D eigenvalue weighted by molar-refractivity contribution is 9.10. The number of piperidine rings is 1. The van der Waals surface area contributed by atoms with Gasteiger partial charge < -0.3 is 15.1 Å². The maximum Gasteiger partial charge on any atom is 0.256 e. The standard InChI is InChI=1S/C21H20BrN3O3/c22-14-6-5-7-15(12-14)23-19(26)13-25-17-9-2-1-8-16(17)20(27)24-11-4-3-10-18(24)21(25)28/h1-2,5-9,12,18H,3-4,10-11,13H2,(H,23,26)/t18-/m0/s1. The van der Waals surface area contributed by atoms with Crippen molar-refractivity contribution in [3.63, 3.8) is 0 Å². The molecule has 144 valence electrons. The highest BCUT2D eigenvalue weighted by Crippen LogP contribution is 2.31. The van der Waals surface area contributed by atoms with Crippen molar-refractivity contribution in [2.75, 3.05) is 23.3 Å². The van der Waals surface area contributed by atoms with Gasteiger partial charge in [0.25, 0.3) is 5.91 Å². The van der Waals surface area contributed by atoms with E-state index in [1.54, 1.807) is 41.3 Å². The molecule has 2 aliphatic heterocycles. The third-order valence-corrected chi connectivity index (χ3v) is 5.64. The zero-order valence-corrected chi connectivity index (χ0v) is 16.8. The molecule has 7 heteroatoms. The molecule has 2 heterocycles. The van der Waals surface area contributed by atoms with Gasteiger partial charge in [-0.15, -0.1) is 0 Å². The van der Waals surface area contributed by atoms with Crippen LogP contribution in [0.3, 0.4) is 0 Å². The Labute approximate surface area is 171 Å². The van der Waals surface area contributed by atoms with Crippen LogP contribution in [0.5, 0.6) is 0 Å². The van der Waals surface area contributed by atoms with E-state index in [-0.39, 0.29) is 24.3 Å². The molecule has 28 heavy (non-hydrogen) atoms. The summed E-state index contributed by atoms with van der Waals surface area (Å²) in [6, 6.07) is 13.8. The average molecular weight is 442 g/mol. The largest absolute Gasteiger partial charge is 0.327 e. The lowest BCUT2D eigenvalue weighted by atomic mass is 10.0. The molecular formula is C21H20BrN3O3. The number of fused-ring (bicyclic) bond motifs is 2. The predicted molar refractivity (Wildman–Crippen MR) is 110 cm³/mol. The van der Waals surface area contributed by atoms with Gasteiger partial charge in [-0.2, -0.15) is 0 Å². The number of nitrogens with one attached hydrogen (secondary N) is 1. The first-order valence-electron chi connectivity index (χ1n) is 9.31. The quantitative estimate of drug-likeness (QED) is 0.792. The third kappa shape index (κ3) is 3.54. The van der Waals surface area contributed by atoms with Crippen LogP contribution in [0.4, 0.5) is 11.4 Å². The molecule has 0 saturated carbocycles. The van der Waals surface area contributed by atoms with Crippen LogP contribution >= 0.6 is 15.9 Å². The summed E-state index contributed by atoms with van der Waals surface area (Å²) in [7, 11) is 0. The number of nitrogens with zero attached hydrogens (tertiary/aromatic N) is 2. The van der Waals surface area contributed by atoms with Gasteiger partial charge in [0.05, 0.1) is 11.3 Å². The van der Waals surface area contributed by atoms with Gasteiger partial charge in [0, 0.05) is 16.7 Å². The van der Waals surface area contributed by atoms with Crippen LogP contribution in [0.2, 0.25) is 0 Å². The summed E-state index contributed by atoms with van der Waals surface area (Å²) in [6.45, 7) is 0.432. The van der Waals surface area contributed by atoms with E-state index in [1.165, 1.54) is 4.90 Å². The topological polar surface area (TPSA) is 69.7 Å². The highest BCUT2D eigenvalue weighted by Gasteiger charge is 2.40. The normalized spacial score (nSPS) is 19.0. The molecule has 1 atom stereocenters. The maximum absolute atomic E-state index is 13.3. The molecule has 4 rings (SSSR count). The summed E-state index contributed by atoms with van der Waals surface area (Å²) >= 11 is 3.38. The van der Waals surface area contributed by atoms with E-state index in [9.17, 15) is 14.4 Å². The Morgan fingerprint density at radius 1 is 1.11 bits per heavy atom. The van der Waals surface area contributed by atoms with E-state index < -0.39 is 6.04 Å². The first-order valence-corrected chi connectivity index (χ1v) is 10.1. The molecule has 6 nitrogen and oxygen atoms in total. The van der Waals surface area contributed by atoms with Crippen LogP contribution in [0.25, 0.3) is 0 Å². The minimum Gasteiger partial charge on any atom is -0.327 e. The molecule has 2 aromatic carbocycles. The lowest BCUT2D eigenvalue weighted by Crippen LogP contribution is -2.52. The van der Waals surface area contributed by atoms with Crippen LogP contribution in [0.1, 0.15) is 29.6 Å². The van der Waals surface area contributed by atoms with Crippen molar-refractivity contribution in [3.05, 3.63) is 58.6 Å². The Hall–Kier alpha value is -2.67. The number of hydrogen-bond acceptors (Lipinski definition) is 3. The van der Waals surface area contributed by atoms with Crippen molar-refractivity contribution in [3.8, 4) is 0 Å². The molecule has 1 saturated heterocycles. The van der Waals surface area contributed by atoms with Crippen LogP contribution in [-0.2, 0) is 9.59 Å². The van der Waals surface area contributed by atoms with Gasteiger partial charge >= 0.3 is 0 Å². The number of carbonyl (C=O) groups excluding carboxylic acids is 3. The van der Waals surface area contributed by atoms with Crippen molar-refractivity contribution in [1.82, 2.24) is 4.90 Å². The van der Waals surface area contributed by atoms with E-state index in [1.807, 2.05) is 12.1 Å². The van der Waals surface area contributed by atoms with Crippen molar-refractivity contribution in [2.24, 2.45) is 0 Å². The zero-order chi connectivity index (χ0) is 19.7. The number of carbonyl (C=O) groups is 3. The Balaban J connectivity index is 1.64. The lowest BCUT2D eigenvalue weighted by molar-refractivity contribution is -0.125. The van der Waals surface area contributed by atoms with Crippen molar-refractivity contribution >= 4 is 45.0 Å². The molecule has 0 spiro atoms. The molecule has 0 bridgehead atoms. The van der Waals surface area contributed by atoms with Gasteiger partial charge in [-0.25, -0.2) is 0 Å². The minimum atomic E-state index is -0.507. The predicted octanol–water partition coefficient (Wildman–Crippen LogP) is 3.43. The van der Waals surface area contributed by atoms with E-state index in [4.69, 9.17) is 0 Å². The fourth-order valence-corrected chi connectivity index (χ4v) is 4.25. The Morgan fingerprint density at radius 3 is 2.75 bits per heavy atom. The number of amides is 3. The van der Waals surface area contributed by atoms with Gasteiger partial charge in [-0.3, -0.25) is 14.4 Å². The maximum atomic E-state index is 13.3. The van der Waals surface area contributed by atoms with Gasteiger partial charge in [-0.1, -0.05) is 34.1 Å². The Kier molecular flexibility index (Phi) is 5.17. The van der Waals surface area contributed by atoms with Gasteiger partial charge in [-0.05, 0) is 49.6 Å². The number of hydrogen-bond donors (Lipinski definition) is 1. The van der Waals surface area contributed by atoms with E-state index in [0.29, 0.717) is 29.9 Å². The fourth-order valence-electron chi connectivity index (χ4n) is 3.85. The number of benzene rings is 2. The van der Waals surface area contributed by atoms with E-state index in [0.717, 1.165) is 17.3 Å². The molecule has 3 amide bonds. The van der Waals surface area contributed by atoms with Crippen molar-refractivity contribution in [1.29, 1.82) is 0 Å². The van der Waals surface area contributed by atoms with Crippen LogP contribution in [-0.4, -0.2) is 41.8 Å². The van der Waals surface area contributed by atoms with Crippen LogP contribution in [0, 0.1) is 0 Å². The molecule has 2 aliphatic rings. The van der Waals surface area contributed by atoms with Gasteiger partial charge in [0.2, 0.25) is 11.8 Å². The number of para-hydroxylation sites is 1. The number of rotatable bonds is 3. The molecule has 0 aliphatic carbocycles. The summed E-state index contributed by atoms with van der Waals surface area (Å²) < 4.78 is 0.852. The lowest BCUT2D eigenvalue weighted by Gasteiger charge is -2.34. The van der Waals surface area contributed by atoms with Crippen molar-refractivity contribution < 1.29 is 14.4 Å². The zero-order valence-electron chi connectivity index (χ0n) is 15.2. The molecule has 1 N–H and O–H groups in total. The molecule has 0 radical (unpaired) electrons. The second-order valence-electron chi connectivity index (χ2n) is 7.01. The summed E-state index contributed by atoms with van der Waals surface area (Å²) in [5.41, 5.74) is 1.61. The summed E-state index contributed by atoms with van der Waals surface area (Å²) in [5.74, 6) is -0.635. The second-order valence-corrected chi connectivity index (χ2v) is 7.93. The number of halogens is 1. The Bertz CT molecular complexity index is 946. The second kappa shape index (κ2) is 7.75. The molecule has 0 unspecified atom stereocenters. The summed E-state index contributed by atoms with van der Waals surface area (Å²) in [6.07, 6.45) is 2.41. The summed E-state index contributed by atoms with van der Waals surface area (Å²) in [5, 5.41) is 2.82. The van der Waals surface area contributed by atoms with Gasteiger partial charge in [0.15, 0.2) is 0 Å². The third-order valence-electron chi connectivity index (χ3n) is 5.15. The molecule has 2 aromatic rings. The first-order chi connectivity index (χ1) is 13.5. The first kappa shape index (κ1) is 18.7. The Morgan fingerprint density at radius 2 is 1.93 bits per heavy atom. The van der Waals surface area contributed by atoms with Crippen molar-refractivity contribution in [2.45, 2.75) is 25.3 Å². The van der Waals surface area contributed by atoms with Crippen LogP contribution < -0.4 is 10.2 Å². The average Bonchev–Trinajstić information content (AvgIpc) is 2.78. The smallest absolute Gasteiger partial charge is 0.256 e. The number of anilines is 2. The van der Waals surface area contributed by atoms with E-state index in [2.05, 4.69) is 21.2 Å². The highest BCUT2D eigenvalue weighted by atomic mass is 79.9. The monoisotopic (exact) mass is 441 g/mol.